The number of hydrogen-bond acceptors (Lipinski definition) is 5. The number of aryl methyl sites for hydroxylation is 3. The van der Waals surface area contributed by atoms with E-state index in [1.165, 1.54) is 0 Å². The molecule has 0 aliphatic heterocycles. The molecule has 2 aromatic carbocycles. The van der Waals surface area contributed by atoms with Crippen LogP contribution in [0.2, 0.25) is 0 Å². The number of carbonyl (C=O) groups excluding carboxylic acids is 1. The molecule has 0 saturated heterocycles. The van der Waals surface area contributed by atoms with Gasteiger partial charge in [0.15, 0.2) is 0 Å². The number of pyridine rings is 1. The molecule has 4 rings (SSSR count). The fourth-order valence-electron chi connectivity index (χ4n) is 3.23. The minimum Gasteiger partial charge on any atom is -0.487 e. The van der Waals surface area contributed by atoms with Gasteiger partial charge in [0.1, 0.15) is 17.4 Å². The van der Waals surface area contributed by atoms with Gasteiger partial charge in [-0.1, -0.05) is 12.1 Å². The van der Waals surface area contributed by atoms with Crippen molar-refractivity contribution in [2.24, 2.45) is 0 Å². The maximum Gasteiger partial charge on any atom is 0.255 e. The molecule has 5 nitrogen and oxygen atoms in total. The van der Waals surface area contributed by atoms with Crippen molar-refractivity contribution in [3.63, 3.8) is 0 Å². The van der Waals surface area contributed by atoms with Gasteiger partial charge < -0.3 is 10.1 Å². The van der Waals surface area contributed by atoms with E-state index < -0.39 is 0 Å². The Hall–Kier alpha value is -3.51. The standard InChI is InChI=1S/C25H23N3O2S/c1-16-12-17(2)23(13-22(16)25-27-18(3)15-31-25)28-24(29)19-7-9-21(10-8-19)30-14-20-6-4-5-11-26-20/h4-13,15H,14H2,1-3H3,(H,28,29). The van der Waals surface area contributed by atoms with E-state index in [0.29, 0.717) is 17.9 Å². The zero-order valence-electron chi connectivity index (χ0n) is 17.7. The molecule has 0 fully saturated rings. The molecule has 0 unspecified atom stereocenters. The van der Waals surface area contributed by atoms with Crippen molar-refractivity contribution < 1.29 is 9.53 Å². The highest BCUT2D eigenvalue weighted by Crippen LogP contribution is 2.31. The third-order valence-electron chi connectivity index (χ3n) is 4.90. The molecule has 0 aliphatic carbocycles. The highest BCUT2D eigenvalue weighted by molar-refractivity contribution is 7.13. The summed E-state index contributed by atoms with van der Waals surface area (Å²) >= 11 is 1.61. The van der Waals surface area contributed by atoms with E-state index in [2.05, 4.69) is 28.3 Å². The van der Waals surface area contributed by atoms with E-state index in [9.17, 15) is 4.79 Å². The molecule has 0 spiro atoms. The zero-order valence-corrected chi connectivity index (χ0v) is 18.5. The van der Waals surface area contributed by atoms with Crippen LogP contribution in [0, 0.1) is 20.8 Å². The molecule has 156 valence electrons. The van der Waals surface area contributed by atoms with Crippen molar-refractivity contribution in [1.29, 1.82) is 0 Å². The lowest BCUT2D eigenvalue weighted by Crippen LogP contribution is -2.13. The Labute approximate surface area is 185 Å². The molecule has 0 bridgehead atoms. The normalized spacial score (nSPS) is 10.7. The Morgan fingerprint density at radius 1 is 1.03 bits per heavy atom. The fourth-order valence-corrected chi connectivity index (χ4v) is 4.11. The van der Waals surface area contributed by atoms with Gasteiger partial charge in [-0.3, -0.25) is 9.78 Å². The fraction of sp³-hybridized carbons (Fsp3) is 0.160. The van der Waals surface area contributed by atoms with Crippen LogP contribution in [0.15, 0.2) is 66.2 Å². The second-order valence-electron chi connectivity index (χ2n) is 7.36. The van der Waals surface area contributed by atoms with Gasteiger partial charge in [0.2, 0.25) is 0 Å². The summed E-state index contributed by atoms with van der Waals surface area (Å²) in [4.78, 5) is 21.6. The number of benzene rings is 2. The molecule has 1 N–H and O–H groups in total. The molecule has 0 radical (unpaired) electrons. The number of carbonyl (C=O) groups is 1. The van der Waals surface area contributed by atoms with Gasteiger partial charge in [-0.15, -0.1) is 11.3 Å². The summed E-state index contributed by atoms with van der Waals surface area (Å²) in [6.45, 7) is 6.42. The predicted molar refractivity (Wildman–Crippen MR) is 125 cm³/mol. The lowest BCUT2D eigenvalue weighted by molar-refractivity contribution is 0.102. The van der Waals surface area contributed by atoms with Crippen LogP contribution < -0.4 is 10.1 Å². The number of rotatable bonds is 6. The molecule has 4 aromatic rings. The molecule has 31 heavy (non-hydrogen) atoms. The third-order valence-corrected chi connectivity index (χ3v) is 5.89. The van der Waals surface area contributed by atoms with Crippen LogP contribution in [0.5, 0.6) is 5.75 Å². The van der Waals surface area contributed by atoms with Gasteiger partial charge in [0.05, 0.1) is 5.69 Å². The number of aromatic nitrogens is 2. The Kier molecular flexibility index (Phi) is 6.09. The molecule has 0 saturated carbocycles. The Morgan fingerprint density at radius 3 is 2.52 bits per heavy atom. The molecule has 1 amide bonds. The van der Waals surface area contributed by atoms with Crippen LogP contribution in [0.25, 0.3) is 10.6 Å². The highest BCUT2D eigenvalue weighted by atomic mass is 32.1. The number of ether oxygens (including phenoxy) is 1. The van der Waals surface area contributed by atoms with Crippen LogP contribution in [-0.4, -0.2) is 15.9 Å². The summed E-state index contributed by atoms with van der Waals surface area (Å²) in [6.07, 6.45) is 1.74. The number of hydrogen-bond donors (Lipinski definition) is 1. The van der Waals surface area contributed by atoms with E-state index in [1.807, 2.05) is 43.5 Å². The molecular weight excluding hydrogens is 406 g/mol. The molecule has 2 heterocycles. The van der Waals surface area contributed by atoms with Gasteiger partial charge in [0.25, 0.3) is 5.91 Å². The lowest BCUT2D eigenvalue weighted by Gasteiger charge is -2.13. The van der Waals surface area contributed by atoms with Gasteiger partial charge in [0, 0.05) is 34.1 Å². The smallest absolute Gasteiger partial charge is 0.255 e. The second kappa shape index (κ2) is 9.10. The Balaban J connectivity index is 1.46. The minimum atomic E-state index is -0.163. The average molecular weight is 430 g/mol. The second-order valence-corrected chi connectivity index (χ2v) is 8.22. The van der Waals surface area contributed by atoms with Crippen molar-refractivity contribution >= 4 is 22.9 Å². The Morgan fingerprint density at radius 2 is 1.84 bits per heavy atom. The van der Waals surface area contributed by atoms with Crippen molar-refractivity contribution in [3.8, 4) is 16.3 Å². The van der Waals surface area contributed by atoms with Gasteiger partial charge in [-0.05, 0) is 74.4 Å². The van der Waals surface area contributed by atoms with Gasteiger partial charge >= 0.3 is 0 Å². The van der Waals surface area contributed by atoms with Crippen LogP contribution in [0.3, 0.4) is 0 Å². The number of nitrogens with zero attached hydrogens (tertiary/aromatic N) is 2. The highest BCUT2D eigenvalue weighted by Gasteiger charge is 2.13. The zero-order chi connectivity index (χ0) is 21.8. The van der Waals surface area contributed by atoms with E-state index in [-0.39, 0.29) is 5.91 Å². The first-order valence-electron chi connectivity index (χ1n) is 9.97. The number of anilines is 1. The van der Waals surface area contributed by atoms with E-state index in [4.69, 9.17) is 4.74 Å². The van der Waals surface area contributed by atoms with Crippen molar-refractivity contribution in [2.45, 2.75) is 27.4 Å². The van der Waals surface area contributed by atoms with Crippen LogP contribution >= 0.6 is 11.3 Å². The summed E-state index contributed by atoms with van der Waals surface area (Å²) in [6, 6.07) is 16.9. The first kappa shape index (κ1) is 20.8. The van der Waals surface area contributed by atoms with Crippen LogP contribution in [0.4, 0.5) is 5.69 Å². The summed E-state index contributed by atoms with van der Waals surface area (Å²) in [5.74, 6) is 0.527. The van der Waals surface area contributed by atoms with E-state index >= 15 is 0 Å². The lowest BCUT2D eigenvalue weighted by atomic mass is 10.0. The van der Waals surface area contributed by atoms with E-state index in [1.54, 1.807) is 41.8 Å². The number of amides is 1. The largest absolute Gasteiger partial charge is 0.487 e. The van der Waals surface area contributed by atoms with Crippen LogP contribution in [-0.2, 0) is 6.61 Å². The Bertz CT molecular complexity index is 1200. The van der Waals surface area contributed by atoms with Crippen molar-refractivity contribution in [3.05, 3.63) is 94.3 Å². The van der Waals surface area contributed by atoms with E-state index in [0.717, 1.165) is 38.8 Å². The predicted octanol–water partition coefficient (Wildman–Crippen LogP) is 5.96. The third kappa shape index (κ3) is 4.98. The maximum atomic E-state index is 12.8. The van der Waals surface area contributed by atoms with Crippen molar-refractivity contribution in [1.82, 2.24) is 9.97 Å². The average Bonchev–Trinajstić information content (AvgIpc) is 3.21. The summed E-state index contributed by atoms with van der Waals surface area (Å²) < 4.78 is 5.74. The minimum absolute atomic E-state index is 0.163. The summed E-state index contributed by atoms with van der Waals surface area (Å²) in [5.41, 5.74) is 6.39. The SMILES string of the molecule is Cc1csc(-c2cc(NC(=O)c3ccc(OCc4ccccn4)cc3)c(C)cc2C)n1. The van der Waals surface area contributed by atoms with Gasteiger partial charge in [-0.2, -0.15) is 0 Å². The molecule has 2 aromatic heterocycles. The maximum absolute atomic E-state index is 12.8. The number of thiazole rings is 1. The first-order chi connectivity index (χ1) is 15.0. The molecule has 0 atom stereocenters. The molecule has 0 aliphatic rings. The molecular formula is C25H23N3O2S. The quantitative estimate of drug-likeness (QED) is 0.411. The summed E-state index contributed by atoms with van der Waals surface area (Å²) in [5, 5.41) is 6.03. The number of nitrogens with one attached hydrogen (secondary N) is 1. The topological polar surface area (TPSA) is 64.1 Å². The van der Waals surface area contributed by atoms with Gasteiger partial charge in [-0.25, -0.2) is 4.98 Å². The summed E-state index contributed by atoms with van der Waals surface area (Å²) in [7, 11) is 0. The monoisotopic (exact) mass is 429 g/mol. The molecule has 6 heteroatoms. The van der Waals surface area contributed by atoms with Crippen LogP contribution in [0.1, 0.15) is 32.9 Å². The first-order valence-corrected chi connectivity index (χ1v) is 10.9. The van der Waals surface area contributed by atoms with Crippen molar-refractivity contribution in [2.75, 3.05) is 5.32 Å².